The molecule has 1 aliphatic rings. The van der Waals surface area contributed by atoms with Crippen molar-refractivity contribution in [1.82, 2.24) is 5.48 Å². The summed E-state index contributed by atoms with van der Waals surface area (Å²) in [5.41, 5.74) is 7.18. The molecule has 2 nitrogen and oxygen atoms in total. The summed E-state index contributed by atoms with van der Waals surface area (Å²) in [6.07, 6.45) is 0. The van der Waals surface area contributed by atoms with Gasteiger partial charge in [-0.15, -0.1) is 0 Å². The predicted molar refractivity (Wildman–Crippen MR) is 79.7 cm³/mol. The maximum Gasteiger partial charge on any atom is 0.0933 e. The van der Waals surface area contributed by atoms with Gasteiger partial charge in [-0.05, 0) is 16.7 Å². The lowest BCUT2D eigenvalue weighted by atomic mass is 10.0. The van der Waals surface area contributed by atoms with Gasteiger partial charge in [-0.2, -0.15) is 17.2 Å². The zero-order valence-electron chi connectivity index (χ0n) is 10.7. The molecule has 1 aliphatic heterocycles. The summed E-state index contributed by atoms with van der Waals surface area (Å²) < 4.78 is 0. The Morgan fingerprint density at radius 2 is 1.84 bits per heavy atom. The van der Waals surface area contributed by atoms with E-state index in [0.29, 0.717) is 12.6 Å². The van der Waals surface area contributed by atoms with Crippen molar-refractivity contribution in [2.24, 2.45) is 0 Å². The summed E-state index contributed by atoms with van der Waals surface area (Å²) >= 11 is 1.95. The molecule has 1 unspecified atom stereocenters. The molecule has 2 aromatic carbocycles. The Kier molecular flexibility index (Phi) is 4.18. The van der Waals surface area contributed by atoms with Crippen molar-refractivity contribution in [3.05, 3.63) is 71.3 Å². The lowest BCUT2D eigenvalue weighted by Crippen LogP contribution is -2.26. The molecule has 0 saturated heterocycles. The minimum absolute atomic E-state index is 0.290. The van der Waals surface area contributed by atoms with Crippen LogP contribution in [0.25, 0.3) is 0 Å². The van der Waals surface area contributed by atoms with Gasteiger partial charge in [0.05, 0.1) is 12.6 Å². The molecule has 0 spiro atoms. The highest BCUT2D eigenvalue weighted by atomic mass is 32.2. The molecule has 19 heavy (non-hydrogen) atoms. The quantitative estimate of drug-likeness (QED) is 0.857. The molecule has 0 bridgehead atoms. The van der Waals surface area contributed by atoms with Gasteiger partial charge in [0.2, 0.25) is 0 Å². The molecule has 3 heteroatoms. The highest BCUT2D eigenvalue weighted by Gasteiger charge is 2.19. The van der Waals surface area contributed by atoms with Crippen LogP contribution < -0.4 is 5.48 Å². The lowest BCUT2D eigenvalue weighted by Gasteiger charge is -2.25. The largest absolute Gasteiger partial charge is 0.296 e. The Morgan fingerprint density at radius 3 is 2.74 bits per heavy atom. The van der Waals surface area contributed by atoms with Crippen LogP contribution in [0, 0.1) is 0 Å². The van der Waals surface area contributed by atoms with Gasteiger partial charge >= 0.3 is 0 Å². The van der Waals surface area contributed by atoms with Crippen molar-refractivity contribution in [2.45, 2.75) is 18.4 Å². The molecule has 0 fully saturated rings. The van der Waals surface area contributed by atoms with Crippen LogP contribution in [0.4, 0.5) is 0 Å². The van der Waals surface area contributed by atoms with Crippen molar-refractivity contribution in [3.63, 3.8) is 0 Å². The molecule has 1 atom stereocenters. The fourth-order valence-electron chi connectivity index (χ4n) is 2.28. The van der Waals surface area contributed by atoms with Crippen molar-refractivity contribution in [2.75, 3.05) is 5.75 Å². The minimum Gasteiger partial charge on any atom is -0.296 e. The summed E-state index contributed by atoms with van der Waals surface area (Å²) in [5.74, 6) is 2.17. The molecule has 3 rings (SSSR count). The number of benzene rings is 2. The van der Waals surface area contributed by atoms with E-state index < -0.39 is 0 Å². The summed E-state index contributed by atoms with van der Waals surface area (Å²) in [6.45, 7) is 0.601. The van der Waals surface area contributed by atoms with Crippen LogP contribution in [0.1, 0.15) is 22.7 Å². The maximum atomic E-state index is 5.65. The molecular weight excluding hydrogens is 254 g/mol. The van der Waals surface area contributed by atoms with E-state index in [-0.39, 0.29) is 0 Å². The van der Waals surface area contributed by atoms with Gasteiger partial charge in [0.25, 0.3) is 0 Å². The number of hydrogen-bond acceptors (Lipinski definition) is 3. The smallest absolute Gasteiger partial charge is 0.0933 e. The second-order valence-electron chi connectivity index (χ2n) is 4.66. The van der Waals surface area contributed by atoms with Crippen LogP contribution in [-0.2, 0) is 17.2 Å². The Bertz CT molecular complexity index is 529. The number of nitrogens with one attached hydrogen (secondary N) is 1. The average Bonchev–Trinajstić information content (AvgIpc) is 2.49. The van der Waals surface area contributed by atoms with Crippen LogP contribution >= 0.6 is 11.8 Å². The van der Waals surface area contributed by atoms with Crippen molar-refractivity contribution in [1.29, 1.82) is 0 Å². The van der Waals surface area contributed by atoms with Gasteiger partial charge < -0.3 is 0 Å². The molecule has 0 saturated carbocycles. The van der Waals surface area contributed by atoms with Gasteiger partial charge in [-0.1, -0.05) is 54.6 Å². The summed E-state index contributed by atoms with van der Waals surface area (Å²) in [4.78, 5) is 5.65. The third-order valence-corrected chi connectivity index (χ3v) is 4.36. The Hall–Kier alpha value is -1.29. The van der Waals surface area contributed by atoms with Crippen molar-refractivity contribution in [3.8, 4) is 0 Å². The normalized spacial score (nSPS) is 18.0. The third kappa shape index (κ3) is 3.18. The first kappa shape index (κ1) is 12.7. The van der Waals surface area contributed by atoms with Crippen LogP contribution in [0.3, 0.4) is 0 Å². The monoisotopic (exact) mass is 271 g/mol. The third-order valence-electron chi connectivity index (χ3n) is 3.28. The highest BCUT2D eigenvalue weighted by molar-refractivity contribution is 7.98. The first-order valence-electron chi connectivity index (χ1n) is 6.50. The van der Waals surface area contributed by atoms with E-state index in [1.54, 1.807) is 0 Å². The summed E-state index contributed by atoms with van der Waals surface area (Å²) in [7, 11) is 0. The second kappa shape index (κ2) is 6.24. The van der Waals surface area contributed by atoms with Gasteiger partial charge in [-0.25, -0.2) is 0 Å². The Balaban J connectivity index is 1.59. The van der Waals surface area contributed by atoms with Gasteiger partial charge in [0.1, 0.15) is 0 Å². The molecule has 0 amide bonds. The molecule has 1 N–H and O–H groups in total. The first-order chi connectivity index (χ1) is 9.43. The zero-order valence-corrected chi connectivity index (χ0v) is 11.5. The summed E-state index contributed by atoms with van der Waals surface area (Å²) in [5, 5.41) is 0. The number of hydrogen-bond donors (Lipinski definition) is 1. The van der Waals surface area contributed by atoms with Crippen molar-refractivity contribution < 1.29 is 4.84 Å². The molecule has 0 radical (unpaired) electrons. The lowest BCUT2D eigenvalue weighted by molar-refractivity contribution is 0.00765. The Morgan fingerprint density at radius 1 is 1.05 bits per heavy atom. The minimum atomic E-state index is 0.290. The molecule has 2 aromatic rings. The maximum absolute atomic E-state index is 5.65. The standard InChI is InChI=1S/C16H17NOS/c1-2-6-13(7-3-1)10-18-17-16-12-19-11-14-8-4-5-9-15(14)16/h1-9,16-17H,10-12H2. The topological polar surface area (TPSA) is 21.3 Å². The fourth-order valence-corrected chi connectivity index (χ4v) is 3.36. The van der Waals surface area contributed by atoms with Gasteiger partial charge in [-0.3, -0.25) is 4.84 Å². The fraction of sp³-hybridized carbons (Fsp3) is 0.250. The van der Waals surface area contributed by atoms with Crippen LogP contribution in [0.15, 0.2) is 54.6 Å². The van der Waals surface area contributed by atoms with Crippen LogP contribution in [0.2, 0.25) is 0 Å². The zero-order chi connectivity index (χ0) is 12.9. The SMILES string of the molecule is c1ccc(CONC2CSCc3ccccc32)cc1. The van der Waals surface area contributed by atoms with Crippen molar-refractivity contribution >= 4 is 11.8 Å². The molecule has 1 heterocycles. The van der Waals surface area contributed by atoms with E-state index in [1.807, 2.05) is 30.0 Å². The highest BCUT2D eigenvalue weighted by Crippen LogP contribution is 2.31. The number of fused-ring (bicyclic) bond motifs is 1. The average molecular weight is 271 g/mol. The number of hydroxylamine groups is 1. The van der Waals surface area contributed by atoms with Crippen LogP contribution in [-0.4, -0.2) is 5.75 Å². The predicted octanol–water partition coefficient (Wildman–Crippen LogP) is 3.70. The van der Waals surface area contributed by atoms with E-state index in [2.05, 4.69) is 41.9 Å². The van der Waals surface area contributed by atoms with Crippen LogP contribution in [0.5, 0.6) is 0 Å². The Labute approximate surface area is 118 Å². The molecule has 98 valence electrons. The molecular formula is C16H17NOS. The molecule has 0 aromatic heterocycles. The van der Waals surface area contributed by atoms with E-state index >= 15 is 0 Å². The van der Waals surface area contributed by atoms with Gasteiger partial charge in [0, 0.05) is 11.5 Å². The number of thioether (sulfide) groups is 1. The summed E-state index contributed by atoms with van der Waals surface area (Å²) in [6, 6.07) is 19.1. The van der Waals surface area contributed by atoms with E-state index in [9.17, 15) is 0 Å². The number of rotatable bonds is 4. The van der Waals surface area contributed by atoms with E-state index in [4.69, 9.17) is 4.84 Å². The molecule has 0 aliphatic carbocycles. The van der Waals surface area contributed by atoms with Gasteiger partial charge in [0.15, 0.2) is 0 Å². The van der Waals surface area contributed by atoms with E-state index in [0.717, 1.165) is 11.5 Å². The first-order valence-corrected chi connectivity index (χ1v) is 7.66. The second-order valence-corrected chi connectivity index (χ2v) is 5.69. The van der Waals surface area contributed by atoms with E-state index in [1.165, 1.54) is 16.7 Å².